The van der Waals surface area contributed by atoms with Crippen LogP contribution in [0.15, 0.2) is 12.2 Å². The lowest BCUT2D eigenvalue weighted by atomic mass is 10.1. The summed E-state index contributed by atoms with van der Waals surface area (Å²) in [5.74, 6) is 0.637. The number of carbonyl (C=O) groups excluding carboxylic acids is 1. The van der Waals surface area contributed by atoms with Gasteiger partial charge >= 0.3 is 5.97 Å². The number of carbonyl (C=O) groups is 1. The molecule has 14 heavy (non-hydrogen) atoms. The van der Waals surface area contributed by atoms with Gasteiger partial charge in [-0.05, 0) is 31.6 Å². The van der Waals surface area contributed by atoms with Crippen LogP contribution in [0.25, 0.3) is 0 Å². The number of esters is 1. The third kappa shape index (κ3) is 9.30. The zero-order chi connectivity index (χ0) is 10.8. The van der Waals surface area contributed by atoms with Crippen LogP contribution in [0.3, 0.4) is 0 Å². The molecule has 0 amide bonds. The van der Waals surface area contributed by atoms with Crippen LogP contribution in [0.2, 0.25) is 0 Å². The molecular weight excluding hydrogens is 176 g/mol. The predicted molar refractivity (Wildman–Crippen MR) is 59.1 cm³/mol. The zero-order valence-corrected chi connectivity index (χ0v) is 9.58. The van der Waals surface area contributed by atoms with Gasteiger partial charge in [0.2, 0.25) is 0 Å². The molecule has 0 aromatic rings. The maximum atomic E-state index is 10.7. The second-order valence-corrected chi connectivity index (χ2v) is 3.92. The van der Waals surface area contributed by atoms with Crippen molar-refractivity contribution in [2.24, 2.45) is 5.92 Å². The SMILES string of the molecule is COC(=O)CCCCC=CCC(C)C. The second kappa shape index (κ2) is 8.79. The van der Waals surface area contributed by atoms with Gasteiger partial charge in [0, 0.05) is 6.42 Å². The number of hydrogen-bond donors (Lipinski definition) is 0. The average molecular weight is 198 g/mol. The summed E-state index contributed by atoms with van der Waals surface area (Å²) in [6.07, 6.45) is 9.21. The molecular formula is C12H22O2. The van der Waals surface area contributed by atoms with Gasteiger partial charge in [0.1, 0.15) is 0 Å². The van der Waals surface area contributed by atoms with Gasteiger partial charge in [-0.15, -0.1) is 0 Å². The van der Waals surface area contributed by atoms with Crippen LogP contribution in [0.4, 0.5) is 0 Å². The van der Waals surface area contributed by atoms with Gasteiger partial charge in [0.25, 0.3) is 0 Å². The van der Waals surface area contributed by atoms with E-state index in [9.17, 15) is 4.79 Å². The van der Waals surface area contributed by atoms with Crippen molar-refractivity contribution in [1.29, 1.82) is 0 Å². The minimum Gasteiger partial charge on any atom is -0.469 e. The van der Waals surface area contributed by atoms with E-state index < -0.39 is 0 Å². The molecule has 0 aliphatic carbocycles. The van der Waals surface area contributed by atoms with Crippen LogP contribution >= 0.6 is 0 Å². The summed E-state index contributed by atoms with van der Waals surface area (Å²) in [5, 5.41) is 0. The summed E-state index contributed by atoms with van der Waals surface area (Å²) >= 11 is 0. The first-order valence-corrected chi connectivity index (χ1v) is 5.38. The molecule has 0 saturated heterocycles. The van der Waals surface area contributed by atoms with Gasteiger partial charge in [-0.2, -0.15) is 0 Å². The highest BCUT2D eigenvalue weighted by atomic mass is 16.5. The molecule has 2 nitrogen and oxygen atoms in total. The fourth-order valence-electron chi connectivity index (χ4n) is 1.12. The van der Waals surface area contributed by atoms with E-state index in [1.165, 1.54) is 7.11 Å². The van der Waals surface area contributed by atoms with Crippen molar-refractivity contribution in [2.45, 2.75) is 46.0 Å². The first-order chi connectivity index (χ1) is 6.66. The highest BCUT2D eigenvalue weighted by Crippen LogP contribution is 2.04. The highest BCUT2D eigenvalue weighted by Gasteiger charge is 1.97. The molecule has 2 heteroatoms. The lowest BCUT2D eigenvalue weighted by Crippen LogP contribution is -1.98. The second-order valence-electron chi connectivity index (χ2n) is 3.92. The third-order valence-corrected chi connectivity index (χ3v) is 2.00. The van der Waals surface area contributed by atoms with Crippen molar-refractivity contribution in [2.75, 3.05) is 7.11 Å². The molecule has 0 unspecified atom stereocenters. The molecule has 82 valence electrons. The summed E-state index contributed by atoms with van der Waals surface area (Å²) in [4.78, 5) is 10.7. The van der Waals surface area contributed by atoms with Gasteiger partial charge in [-0.25, -0.2) is 0 Å². The molecule has 0 radical (unpaired) electrons. The van der Waals surface area contributed by atoms with Crippen LogP contribution in [-0.2, 0) is 9.53 Å². The molecule has 0 bridgehead atoms. The third-order valence-electron chi connectivity index (χ3n) is 2.00. The van der Waals surface area contributed by atoms with Crippen molar-refractivity contribution in [3.8, 4) is 0 Å². The number of hydrogen-bond acceptors (Lipinski definition) is 2. The Morgan fingerprint density at radius 3 is 2.57 bits per heavy atom. The van der Waals surface area contributed by atoms with Crippen molar-refractivity contribution in [3.63, 3.8) is 0 Å². The quantitative estimate of drug-likeness (QED) is 0.356. The molecule has 0 aromatic carbocycles. The summed E-state index contributed by atoms with van der Waals surface area (Å²) < 4.78 is 4.55. The highest BCUT2D eigenvalue weighted by molar-refractivity contribution is 5.68. The molecule has 0 aliphatic heterocycles. The largest absolute Gasteiger partial charge is 0.469 e. The summed E-state index contributed by atoms with van der Waals surface area (Å²) in [5.41, 5.74) is 0. The Labute approximate surface area is 87.3 Å². The zero-order valence-electron chi connectivity index (χ0n) is 9.58. The van der Waals surface area contributed by atoms with Gasteiger partial charge in [-0.3, -0.25) is 4.79 Å². The molecule has 0 rings (SSSR count). The fraction of sp³-hybridized carbons (Fsp3) is 0.750. The molecule has 0 aliphatic rings. The number of unbranched alkanes of at least 4 members (excludes halogenated alkanes) is 2. The minimum atomic E-state index is -0.101. The number of methoxy groups -OCH3 is 1. The Kier molecular flexibility index (Phi) is 8.30. The van der Waals surface area contributed by atoms with Crippen molar-refractivity contribution < 1.29 is 9.53 Å². The van der Waals surface area contributed by atoms with E-state index in [2.05, 4.69) is 30.7 Å². The van der Waals surface area contributed by atoms with Crippen LogP contribution in [-0.4, -0.2) is 13.1 Å². The molecule has 0 atom stereocenters. The molecule has 0 N–H and O–H groups in total. The summed E-state index contributed by atoms with van der Waals surface area (Å²) in [7, 11) is 1.44. The molecule has 0 saturated carbocycles. The first kappa shape index (κ1) is 13.2. The molecule has 0 spiro atoms. The van der Waals surface area contributed by atoms with Gasteiger partial charge in [-0.1, -0.05) is 26.0 Å². The van der Waals surface area contributed by atoms with Crippen molar-refractivity contribution in [3.05, 3.63) is 12.2 Å². The Hall–Kier alpha value is -0.790. The lowest BCUT2D eigenvalue weighted by Gasteiger charge is -1.98. The summed E-state index contributed by atoms with van der Waals surface area (Å²) in [6, 6.07) is 0. The lowest BCUT2D eigenvalue weighted by molar-refractivity contribution is -0.140. The fourth-order valence-corrected chi connectivity index (χ4v) is 1.12. The maximum absolute atomic E-state index is 10.7. The van der Waals surface area contributed by atoms with Gasteiger partial charge < -0.3 is 4.74 Å². The monoisotopic (exact) mass is 198 g/mol. The van der Waals surface area contributed by atoms with E-state index in [4.69, 9.17) is 0 Å². The Morgan fingerprint density at radius 1 is 1.29 bits per heavy atom. The van der Waals surface area contributed by atoms with Crippen LogP contribution in [0, 0.1) is 5.92 Å². The maximum Gasteiger partial charge on any atom is 0.305 e. The Balaban J connectivity index is 3.21. The smallest absolute Gasteiger partial charge is 0.305 e. The molecule has 0 fully saturated rings. The van der Waals surface area contributed by atoms with E-state index >= 15 is 0 Å². The summed E-state index contributed by atoms with van der Waals surface area (Å²) in [6.45, 7) is 4.42. The Morgan fingerprint density at radius 2 is 2.00 bits per heavy atom. The van der Waals surface area contributed by atoms with E-state index in [0.717, 1.165) is 31.6 Å². The van der Waals surface area contributed by atoms with E-state index in [-0.39, 0.29) is 5.97 Å². The van der Waals surface area contributed by atoms with E-state index in [1.807, 2.05) is 0 Å². The van der Waals surface area contributed by atoms with Crippen LogP contribution in [0.1, 0.15) is 46.0 Å². The number of ether oxygens (including phenoxy) is 1. The number of allylic oxidation sites excluding steroid dienone is 2. The van der Waals surface area contributed by atoms with Gasteiger partial charge in [0.15, 0.2) is 0 Å². The van der Waals surface area contributed by atoms with Gasteiger partial charge in [0.05, 0.1) is 7.11 Å². The first-order valence-electron chi connectivity index (χ1n) is 5.38. The van der Waals surface area contributed by atoms with E-state index in [0.29, 0.717) is 6.42 Å². The van der Waals surface area contributed by atoms with E-state index in [1.54, 1.807) is 0 Å². The van der Waals surface area contributed by atoms with Crippen LogP contribution in [0.5, 0.6) is 0 Å². The number of rotatable bonds is 7. The molecule has 0 heterocycles. The average Bonchev–Trinajstić information content (AvgIpc) is 2.15. The van der Waals surface area contributed by atoms with Crippen LogP contribution < -0.4 is 0 Å². The minimum absolute atomic E-state index is 0.101. The van der Waals surface area contributed by atoms with Crippen molar-refractivity contribution >= 4 is 5.97 Å². The Bertz CT molecular complexity index is 171. The standard InChI is InChI=1S/C12H22O2/c1-11(2)9-7-5-4-6-8-10-12(13)14-3/h5,7,11H,4,6,8-10H2,1-3H3. The van der Waals surface area contributed by atoms with Crippen molar-refractivity contribution in [1.82, 2.24) is 0 Å². The predicted octanol–water partition coefficient (Wildman–Crippen LogP) is 3.32. The molecule has 0 aromatic heterocycles. The normalized spacial score (nSPS) is 11.1. The topological polar surface area (TPSA) is 26.3 Å².